The van der Waals surface area contributed by atoms with Gasteiger partial charge in [-0.05, 0) is 36.1 Å². The molecule has 1 aliphatic rings. The summed E-state index contributed by atoms with van der Waals surface area (Å²) in [7, 11) is -3.95. The molecule has 8 nitrogen and oxygen atoms in total. The molecule has 1 N–H and O–H groups in total. The van der Waals surface area contributed by atoms with Gasteiger partial charge in [0.25, 0.3) is 15.9 Å². The van der Waals surface area contributed by atoms with Gasteiger partial charge in [-0.2, -0.15) is 0 Å². The average molecular weight is 548 g/mol. The summed E-state index contributed by atoms with van der Waals surface area (Å²) in [6.07, 6.45) is 1.22. The second kappa shape index (κ2) is 12.7. The highest BCUT2D eigenvalue weighted by atomic mass is 32.2. The summed E-state index contributed by atoms with van der Waals surface area (Å²) in [4.78, 5) is 41.4. The predicted molar refractivity (Wildman–Crippen MR) is 148 cm³/mol. The van der Waals surface area contributed by atoms with Crippen LogP contribution in [0.4, 0.5) is 0 Å². The quantitative estimate of drug-likeness (QED) is 0.372. The first-order valence-electron chi connectivity index (χ1n) is 13.1. The van der Waals surface area contributed by atoms with Crippen molar-refractivity contribution >= 4 is 27.7 Å². The van der Waals surface area contributed by atoms with E-state index in [2.05, 4.69) is 5.32 Å². The number of benzene rings is 3. The first-order chi connectivity index (χ1) is 18.8. The molecule has 3 aromatic rings. The molecular formula is C30H33N3O5S. The molecule has 3 amide bonds. The molecule has 0 saturated heterocycles. The van der Waals surface area contributed by atoms with Crippen molar-refractivity contribution < 1.29 is 22.8 Å². The van der Waals surface area contributed by atoms with E-state index < -0.39 is 22.0 Å². The third-order valence-electron chi connectivity index (χ3n) is 6.68. The normalized spacial score (nSPS) is 14.5. The van der Waals surface area contributed by atoms with E-state index in [1.54, 1.807) is 17.0 Å². The van der Waals surface area contributed by atoms with Crippen molar-refractivity contribution in [1.82, 2.24) is 14.5 Å². The van der Waals surface area contributed by atoms with Crippen LogP contribution in [0, 0.1) is 0 Å². The smallest absolute Gasteiger partial charge is 0.269 e. The minimum absolute atomic E-state index is 0.0115. The highest BCUT2D eigenvalue weighted by molar-refractivity contribution is 7.90. The molecule has 0 spiro atoms. The molecule has 1 aliphatic heterocycles. The van der Waals surface area contributed by atoms with Gasteiger partial charge in [0, 0.05) is 32.5 Å². The predicted octanol–water partition coefficient (Wildman–Crippen LogP) is 3.78. The van der Waals surface area contributed by atoms with Crippen LogP contribution in [-0.2, 0) is 32.6 Å². The maximum atomic E-state index is 13.7. The number of hydrogen-bond donors (Lipinski definition) is 1. The minimum Gasteiger partial charge on any atom is -0.354 e. The molecule has 1 unspecified atom stereocenters. The zero-order valence-electron chi connectivity index (χ0n) is 22.0. The number of fused-ring (bicyclic) bond motifs is 1. The molecule has 0 fully saturated rings. The zero-order valence-corrected chi connectivity index (χ0v) is 22.8. The van der Waals surface area contributed by atoms with E-state index in [1.165, 1.54) is 12.1 Å². The lowest BCUT2D eigenvalue weighted by molar-refractivity contribution is -0.141. The van der Waals surface area contributed by atoms with Crippen LogP contribution in [-0.4, -0.2) is 54.5 Å². The number of rotatable bonds is 12. The van der Waals surface area contributed by atoms with Crippen LogP contribution in [0.1, 0.15) is 47.7 Å². The topological polar surface area (TPSA) is 104 Å². The van der Waals surface area contributed by atoms with Crippen LogP contribution in [0.15, 0.2) is 89.8 Å². The van der Waals surface area contributed by atoms with E-state index in [0.717, 1.165) is 21.9 Å². The highest BCUT2D eigenvalue weighted by Gasteiger charge is 2.40. The summed E-state index contributed by atoms with van der Waals surface area (Å²) in [5, 5.41) is 2.94. The van der Waals surface area contributed by atoms with E-state index in [0.29, 0.717) is 13.0 Å². The molecule has 0 bridgehead atoms. The Kier molecular flexibility index (Phi) is 9.14. The lowest BCUT2D eigenvalue weighted by atomic mass is 10.0. The van der Waals surface area contributed by atoms with Crippen molar-refractivity contribution in [3.05, 3.63) is 102 Å². The van der Waals surface area contributed by atoms with Crippen LogP contribution in [0.2, 0.25) is 0 Å². The van der Waals surface area contributed by atoms with Gasteiger partial charge in [0.15, 0.2) is 0 Å². The van der Waals surface area contributed by atoms with E-state index in [9.17, 15) is 22.8 Å². The third-order valence-corrected chi connectivity index (χ3v) is 8.52. The lowest BCUT2D eigenvalue weighted by Gasteiger charge is -2.32. The average Bonchev–Trinajstić information content (AvgIpc) is 3.15. The van der Waals surface area contributed by atoms with Gasteiger partial charge in [0.2, 0.25) is 11.8 Å². The van der Waals surface area contributed by atoms with Crippen molar-refractivity contribution in [3.8, 4) is 0 Å². The molecule has 1 heterocycles. The Labute approximate surface area is 229 Å². The van der Waals surface area contributed by atoms with Crippen molar-refractivity contribution in [3.63, 3.8) is 0 Å². The van der Waals surface area contributed by atoms with Crippen LogP contribution in [0.5, 0.6) is 0 Å². The fourth-order valence-electron chi connectivity index (χ4n) is 4.67. The third kappa shape index (κ3) is 6.54. The Bertz CT molecular complexity index is 1410. The second-order valence-electron chi connectivity index (χ2n) is 9.49. The summed E-state index contributed by atoms with van der Waals surface area (Å²) in [6.45, 7) is 2.56. The van der Waals surface area contributed by atoms with Crippen molar-refractivity contribution in [2.24, 2.45) is 0 Å². The number of hydrogen-bond acceptors (Lipinski definition) is 5. The molecule has 1 atom stereocenters. The van der Waals surface area contributed by atoms with Crippen LogP contribution < -0.4 is 5.32 Å². The van der Waals surface area contributed by atoms with Gasteiger partial charge in [-0.25, -0.2) is 12.7 Å². The van der Waals surface area contributed by atoms with Crippen molar-refractivity contribution in [2.75, 3.05) is 13.1 Å². The fourth-order valence-corrected chi connectivity index (χ4v) is 6.28. The molecule has 3 aromatic carbocycles. The van der Waals surface area contributed by atoms with Gasteiger partial charge < -0.3 is 10.2 Å². The maximum Gasteiger partial charge on any atom is 0.269 e. The summed E-state index contributed by atoms with van der Waals surface area (Å²) in [5.41, 5.74) is 1.94. The van der Waals surface area contributed by atoms with Crippen LogP contribution in [0.3, 0.4) is 0 Å². The SMILES string of the molecule is CCCNC(=O)C(Cc1ccccc1)N(Cc1ccccc1)C(=O)CCCN1C(=O)c2ccccc2S1(=O)=O. The second-order valence-corrected chi connectivity index (χ2v) is 11.3. The molecular weight excluding hydrogens is 514 g/mol. The molecule has 0 aliphatic carbocycles. The Morgan fingerprint density at radius 2 is 1.51 bits per heavy atom. The first-order valence-corrected chi connectivity index (χ1v) is 14.6. The van der Waals surface area contributed by atoms with Gasteiger partial charge in [-0.3, -0.25) is 14.4 Å². The monoisotopic (exact) mass is 547 g/mol. The first kappa shape index (κ1) is 28.0. The van der Waals surface area contributed by atoms with Gasteiger partial charge in [0.1, 0.15) is 10.9 Å². The van der Waals surface area contributed by atoms with E-state index in [-0.39, 0.29) is 48.2 Å². The van der Waals surface area contributed by atoms with E-state index >= 15 is 0 Å². The van der Waals surface area contributed by atoms with Gasteiger partial charge >= 0.3 is 0 Å². The fraction of sp³-hybridized carbons (Fsp3) is 0.300. The standard InChI is InChI=1S/C30H33N3O5S/c1-2-19-31-29(35)26(21-23-12-5-3-6-13-23)32(22-24-14-7-4-8-15-24)28(34)18-11-20-33-30(36)25-16-9-10-17-27(25)39(33,37)38/h3-10,12-17,26H,2,11,18-22H2,1H3,(H,31,35). The Morgan fingerprint density at radius 3 is 2.15 bits per heavy atom. The van der Waals surface area contributed by atoms with Crippen LogP contribution >= 0.6 is 0 Å². The number of nitrogens with zero attached hydrogens (tertiary/aromatic N) is 2. The molecule has 0 radical (unpaired) electrons. The van der Waals surface area contributed by atoms with Gasteiger partial charge in [-0.1, -0.05) is 79.7 Å². The van der Waals surface area contributed by atoms with Crippen molar-refractivity contribution in [2.45, 2.75) is 50.1 Å². The zero-order chi connectivity index (χ0) is 27.8. The number of carbonyl (C=O) groups excluding carboxylic acids is 3. The summed E-state index contributed by atoms with van der Waals surface area (Å²) in [6, 6.07) is 24.3. The highest BCUT2D eigenvalue weighted by Crippen LogP contribution is 2.30. The number of amides is 3. The molecule has 39 heavy (non-hydrogen) atoms. The number of nitrogens with one attached hydrogen (secondary N) is 1. The molecule has 0 aromatic heterocycles. The minimum atomic E-state index is -3.95. The van der Waals surface area contributed by atoms with Crippen LogP contribution in [0.25, 0.3) is 0 Å². The number of sulfonamides is 1. The van der Waals surface area contributed by atoms with Gasteiger partial charge in [0.05, 0.1) is 5.56 Å². The van der Waals surface area contributed by atoms with E-state index in [1.807, 2.05) is 67.6 Å². The lowest BCUT2D eigenvalue weighted by Crippen LogP contribution is -2.50. The van der Waals surface area contributed by atoms with Gasteiger partial charge in [-0.15, -0.1) is 0 Å². The Balaban J connectivity index is 1.54. The van der Waals surface area contributed by atoms with Crippen molar-refractivity contribution in [1.29, 1.82) is 0 Å². The molecule has 0 saturated carbocycles. The Hall–Kier alpha value is -3.98. The summed E-state index contributed by atoms with van der Waals surface area (Å²) < 4.78 is 26.6. The number of carbonyl (C=O) groups is 3. The molecule has 204 valence electrons. The summed E-state index contributed by atoms with van der Waals surface area (Å²) >= 11 is 0. The maximum absolute atomic E-state index is 13.7. The summed E-state index contributed by atoms with van der Waals surface area (Å²) in [5.74, 6) is -1.11. The Morgan fingerprint density at radius 1 is 0.897 bits per heavy atom. The van der Waals surface area contributed by atoms with E-state index in [4.69, 9.17) is 0 Å². The largest absolute Gasteiger partial charge is 0.354 e. The molecule has 4 rings (SSSR count). The molecule has 9 heteroatoms.